The molecule has 1 amide bonds. The Hall–Kier alpha value is -0.570. The number of carbonyl (C=O) groups is 1. The summed E-state index contributed by atoms with van der Waals surface area (Å²) in [6.45, 7) is 5.45. The van der Waals surface area contributed by atoms with Gasteiger partial charge in [-0.05, 0) is 38.0 Å². The van der Waals surface area contributed by atoms with E-state index >= 15 is 0 Å². The molecule has 4 fully saturated rings. The lowest BCUT2D eigenvalue weighted by Gasteiger charge is -2.41. The van der Waals surface area contributed by atoms with E-state index < -0.39 is 5.60 Å². The van der Waals surface area contributed by atoms with Crippen molar-refractivity contribution in [1.82, 2.24) is 5.32 Å². The monoisotopic (exact) mass is 277 g/mol. The molecule has 3 nitrogen and oxygen atoms in total. The van der Waals surface area contributed by atoms with E-state index in [1.165, 1.54) is 25.7 Å². The maximum atomic E-state index is 13.0. The van der Waals surface area contributed by atoms with Crippen molar-refractivity contribution in [3.63, 3.8) is 0 Å². The van der Waals surface area contributed by atoms with Crippen LogP contribution in [0.15, 0.2) is 0 Å². The quantitative estimate of drug-likeness (QED) is 0.842. The van der Waals surface area contributed by atoms with Crippen LogP contribution >= 0.6 is 0 Å². The lowest BCUT2D eigenvalue weighted by atomic mass is 9.66. The predicted octanol–water partition coefficient (Wildman–Crippen LogP) is 3.03. The van der Waals surface area contributed by atoms with Gasteiger partial charge in [-0.3, -0.25) is 4.79 Å². The van der Waals surface area contributed by atoms with Crippen molar-refractivity contribution >= 4 is 5.91 Å². The molecule has 3 heteroatoms. The highest BCUT2D eigenvalue weighted by Crippen LogP contribution is 2.75. The third kappa shape index (κ3) is 1.33. The normalized spacial score (nSPS) is 50.6. The van der Waals surface area contributed by atoms with Gasteiger partial charge in [0, 0.05) is 16.9 Å². The zero-order valence-electron chi connectivity index (χ0n) is 12.8. The van der Waals surface area contributed by atoms with Crippen molar-refractivity contribution in [3.05, 3.63) is 0 Å². The van der Waals surface area contributed by atoms with Crippen LogP contribution < -0.4 is 5.32 Å². The summed E-state index contributed by atoms with van der Waals surface area (Å²) >= 11 is 0. The van der Waals surface area contributed by atoms with Gasteiger partial charge in [-0.2, -0.15) is 0 Å². The van der Waals surface area contributed by atoms with E-state index in [2.05, 4.69) is 19.2 Å². The molecule has 4 rings (SSSR count). The first-order valence-electron chi connectivity index (χ1n) is 8.47. The molecular weight excluding hydrogens is 250 g/mol. The molecule has 0 aromatic heterocycles. The summed E-state index contributed by atoms with van der Waals surface area (Å²) in [7, 11) is 0. The highest BCUT2D eigenvalue weighted by molar-refractivity contribution is 5.88. The second-order valence-corrected chi connectivity index (χ2v) is 8.11. The molecule has 1 saturated heterocycles. The summed E-state index contributed by atoms with van der Waals surface area (Å²) in [6, 6.07) is 0.392. The van der Waals surface area contributed by atoms with E-state index in [4.69, 9.17) is 4.74 Å². The molecule has 3 aliphatic carbocycles. The second-order valence-electron chi connectivity index (χ2n) is 8.11. The Labute approximate surface area is 121 Å². The Morgan fingerprint density at radius 2 is 1.90 bits per heavy atom. The van der Waals surface area contributed by atoms with Crippen molar-refractivity contribution in [3.8, 4) is 0 Å². The fourth-order valence-corrected chi connectivity index (χ4v) is 5.81. The van der Waals surface area contributed by atoms with E-state index in [1.807, 2.05) is 0 Å². The summed E-state index contributed by atoms with van der Waals surface area (Å²) in [6.07, 6.45) is 9.55. The van der Waals surface area contributed by atoms with Crippen LogP contribution in [0.5, 0.6) is 0 Å². The molecule has 1 N–H and O–H groups in total. The molecule has 3 saturated carbocycles. The van der Waals surface area contributed by atoms with Gasteiger partial charge in [0.05, 0.1) is 6.61 Å². The first-order valence-corrected chi connectivity index (χ1v) is 8.47. The van der Waals surface area contributed by atoms with Gasteiger partial charge in [-0.15, -0.1) is 0 Å². The standard InChI is InChI=1S/C17H27NO2/c1-15-11-20-17(10-12(15)8-9-16(15,17)2)14(19)18-13-6-4-3-5-7-13/h12-13H,3-11H2,1-2H3,(H,18,19)/t12-,15+,16-,17+/m1/s1. The van der Waals surface area contributed by atoms with Gasteiger partial charge in [0.2, 0.25) is 0 Å². The van der Waals surface area contributed by atoms with Crippen LogP contribution in [0.3, 0.4) is 0 Å². The molecular formula is C17H27NO2. The third-order valence-corrected chi connectivity index (χ3v) is 7.51. The summed E-state index contributed by atoms with van der Waals surface area (Å²) in [5.74, 6) is 0.899. The Kier molecular flexibility index (Phi) is 2.62. The van der Waals surface area contributed by atoms with E-state index in [0.29, 0.717) is 12.0 Å². The van der Waals surface area contributed by atoms with Crippen LogP contribution in [0, 0.1) is 16.7 Å². The van der Waals surface area contributed by atoms with Gasteiger partial charge in [0.15, 0.2) is 5.60 Å². The van der Waals surface area contributed by atoms with Crippen LogP contribution in [-0.4, -0.2) is 24.2 Å². The summed E-state index contributed by atoms with van der Waals surface area (Å²) in [5.41, 5.74) is -0.220. The van der Waals surface area contributed by atoms with Gasteiger partial charge >= 0.3 is 0 Å². The predicted molar refractivity (Wildman–Crippen MR) is 77.3 cm³/mol. The van der Waals surface area contributed by atoms with Crippen molar-refractivity contribution in [1.29, 1.82) is 0 Å². The highest BCUT2D eigenvalue weighted by atomic mass is 16.5. The number of hydrogen-bond donors (Lipinski definition) is 1. The van der Waals surface area contributed by atoms with Crippen LogP contribution in [0.4, 0.5) is 0 Å². The summed E-state index contributed by atoms with van der Waals surface area (Å²) in [5, 5.41) is 3.34. The first-order chi connectivity index (χ1) is 9.52. The fourth-order valence-electron chi connectivity index (χ4n) is 5.81. The van der Waals surface area contributed by atoms with Gasteiger partial charge in [-0.1, -0.05) is 33.1 Å². The number of rotatable bonds is 2. The van der Waals surface area contributed by atoms with E-state index in [0.717, 1.165) is 32.3 Å². The summed E-state index contributed by atoms with van der Waals surface area (Å²) in [4.78, 5) is 13.0. The maximum Gasteiger partial charge on any atom is 0.253 e. The fraction of sp³-hybridized carbons (Fsp3) is 0.941. The molecule has 0 aromatic carbocycles. The zero-order valence-corrected chi connectivity index (χ0v) is 12.8. The molecule has 0 aromatic rings. The summed E-state index contributed by atoms with van der Waals surface area (Å²) < 4.78 is 6.17. The number of amides is 1. The smallest absolute Gasteiger partial charge is 0.253 e. The average molecular weight is 277 g/mol. The Morgan fingerprint density at radius 3 is 2.55 bits per heavy atom. The molecule has 20 heavy (non-hydrogen) atoms. The highest BCUT2D eigenvalue weighted by Gasteiger charge is 2.78. The van der Waals surface area contributed by atoms with Crippen LogP contribution in [-0.2, 0) is 9.53 Å². The lowest BCUT2D eigenvalue weighted by molar-refractivity contribution is -0.156. The van der Waals surface area contributed by atoms with E-state index in [1.54, 1.807) is 0 Å². The zero-order chi connectivity index (χ0) is 14.0. The van der Waals surface area contributed by atoms with Crippen molar-refractivity contribution in [2.24, 2.45) is 16.7 Å². The number of carbonyl (C=O) groups excluding carboxylic acids is 1. The first kappa shape index (κ1) is 13.1. The van der Waals surface area contributed by atoms with Crippen LogP contribution in [0.25, 0.3) is 0 Å². The van der Waals surface area contributed by atoms with Gasteiger partial charge in [0.1, 0.15) is 0 Å². The maximum absolute atomic E-state index is 13.0. The number of nitrogens with one attached hydrogen (secondary N) is 1. The lowest BCUT2D eigenvalue weighted by Crippen LogP contribution is -2.57. The molecule has 4 bridgehead atoms. The molecule has 0 unspecified atom stereocenters. The molecule has 4 aliphatic rings. The minimum Gasteiger partial charge on any atom is -0.364 e. The Balaban J connectivity index is 1.57. The average Bonchev–Trinajstić information content (AvgIpc) is 2.92. The third-order valence-electron chi connectivity index (χ3n) is 7.51. The molecule has 4 atom stereocenters. The van der Waals surface area contributed by atoms with E-state index in [9.17, 15) is 4.79 Å². The largest absolute Gasteiger partial charge is 0.364 e. The number of hydrogen-bond acceptors (Lipinski definition) is 2. The Bertz CT molecular complexity index is 444. The topological polar surface area (TPSA) is 38.3 Å². The van der Waals surface area contributed by atoms with Crippen molar-refractivity contribution in [2.45, 2.75) is 76.9 Å². The molecule has 1 heterocycles. The van der Waals surface area contributed by atoms with Gasteiger partial charge in [-0.25, -0.2) is 0 Å². The second kappa shape index (κ2) is 4.00. The van der Waals surface area contributed by atoms with Crippen molar-refractivity contribution in [2.75, 3.05) is 6.61 Å². The van der Waals surface area contributed by atoms with Gasteiger partial charge in [0.25, 0.3) is 5.91 Å². The molecule has 0 spiro atoms. The minimum absolute atomic E-state index is 0.0589. The van der Waals surface area contributed by atoms with Crippen molar-refractivity contribution < 1.29 is 9.53 Å². The minimum atomic E-state index is -0.512. The molecule has 112 valence electrons. The van der Waals surface area contributed by atoms with Crippen LogP contribution in [0.1, 0.15) is 65.2 Å². The Morgan fingerprint density at radius 1 is 1.15 bits per heavy atom. The number of ether oxygens (including phenoxy) is 1. The molecule has 1 aliphatic heterocycles. The SMILES string of the molecule is C[C@]12CC[C@@H]3C[C@@]1(C(=O)NC1CCCCC1)OC[C@@]32C. The van der Waals surface area contributed by atoms with Gasteiger partial charge < -0.3 is 10.1 Å². The van der Waals surface area contributed by atoms with Crippen LogP contribution in [0.2, 0.25) is 0 Å². The molecule has 0 radical (unpaired) electrons. The van der Waals surface area contributed by atoms with E-state index in [-0.39, 0.29) is 16.7 Å².